The molecule has 242 valence electrons. The second-order valence-electron chi connectivity index (χ2n) is 11.0. The van der Waals surface area contributed by atoms with Crippen LogP contribution in [0.1, 0.15) is 55.1 Å². The van der Waals surface area contributed by atoms with Crippen LogP contribution < -0.4 is 5.32 Å². The normalized spacial score (nSPS) is 12.4. The number of aromatic nitrogens is 1. The van der Waals surface area contributed by atoms with Gasteiger partial charge in [-0.1, -0.05) is 26.0 Å². The summed E-state index contributed by atoms with van der Waals surface area (Å²) in [6, 6.07) is 12.0. The summed E-state index contributed by atoms with van der Waals surface area (Å²) >= 11 is 0. The molecule has 13 heteroatoms. The van der Waals surface area contributed by atoms with Crippen LogP contribution in [-0.2, 0) is 11.3 Å². The first-order chi connectivity index (χ1) is 21.3. The summed E-state index contributed by atoms with van der Waals surface area (Å²) in [7, 11) is 0. The molecule has 0 spiro atoms. The predicted molar refractivity (Wildman–Crippen MR) is 169 cm³/mol. The van der Waals surface area contributed by atoms with Gasteiger partial charge in [0.25, 0.3) is 5.91 Å². The van der Waals surface area contributed by atoms with Crippen LogP contribution >= 0.6 is 0 Å². The van der Waals surface area contributed by atoms with Gasteiger partial charge in [0.15, 0.2) is 11.6 Å². The number of hydrogen-bond acceptors (Lipinski definition) is 6. The first-order valence-corrected chi connectivity index (χ1v) is 14.2. The van der Waals surface area contributed by atoms with Gasteiger partial charge in [-0.25, -0.2) is 13.2 Å². The third kappa shape index (κ3) is 8.62. The van der Waals surface area contributed by atoms with Crippen molar-refractivity contribution in [1.82, 2.24) is 4.57 Å². The molecule has 1 aromatic heterocycles. The molecule has 1 heterocycles. The summed E-state index contributed by atoms with van der Waals surface area (Å²) in [5, 5.41) is 52.4. The van der Waals surface area contributed by atoms with Gasteiger partial charge in [0.2, 0.25) is 0 Å². The van der Waals surface area contributed by atoms with E-state index in [4.69, 9.17) is 5.11 Å². The molecule has 0 saturated heterocycles. The summed E-state index contributed by atoms with van der Waals surface area (Å²) in [6.07, 6.45) is -3.32. The van der Waals surface area contributed by atoms with E-state index >= 15 is 0 Å². The van der Waals surface area contributed by atoms with Crippen LogP contribution in [0.5, 0.6) is 11.5 Å². The van der Waals surface area contributed by atoms with Crippen molar-refractivity contribution >= 4 is 55.3 Å². The molecule has 46 heavy (non-hydrogen) atoms. The minimum absolute atomic E-state index is 0. The van der Waals surface area contributed by atoms with Gasteiger partial charge >= 0.3 is 43.7 Å². The topological polar surface area (TPSA) is 152 Å². The second-order valence-corrected chi connectivity index (χ2v) is 11.0. The molecule has 0 aliphatic carbocycles. The zero-order valence-electron chi connectivity index (χ0n) is 24.5. The molecule has 2 unspecified atom stereocenters. The molecule has 0 aliphatic rings. The number of aliphatic hydroxyl groups excluding tert-OH is 2. The van der Waals surface area contributed by atoms with Crippen LogP contribution in [0, 0.1) is 17.5 Å². The van der Waals surface area contributed by atoms with Gasteiger partial charge in [-0.05, 0) is 66.8 Å². The van der Waals surface area contributed by atoms with Gasteiger partial charge in [-0.2, -0.15) is 0 Å². The first kappa shape index (κ1) is 36.9. The van der Waals surface area contributed by atoms with E-state index in [9.17, 15) is 43.2 Å². The molecule has 3 aromatic carbocycles. The van der Waals surface area contributed by atoms with Gasteiger partial charge in [-0.3, -0.25) is 9.59 Å². The van der Waals surface area contributed by atoms with E-state index in [1.54, 1.807) is 18.4 Å². The number of amides is 1. The fourth-order valence-electron chi connectivity index (χ4n) is 5.35. The van der Waals surface area contributed by atoms with E-state index < -0.39 is 59.6 Å². The number of benzene rings is 3. The number of carbonyl (C=O) groups excluding carboxylic acids is 1. The van der Waals surface area contributed by atoms with Crippen molar-refractivity contribution in [1.29, 1.82) is 0 Å². The van der Waals surface area contributed by atoms with Crippen molar-refractivity contribution in [2.24, 2.45) is 0 Å². The number of anilines is 1. The Hall–Kier alpha value is -3.55. The molecule has 9 nitrogen and oxygen atoms in total. The molecule has 0 aliphatic heterocycles. The van der Waals surface area contributed by atoms with Gasteiger partial charge in [-0.15, -0.1) is 0 Å². The Morgan fingerprint density at radius 3 is 2.11 bits per heavy atom. The number of aliphatic carboxylic acids is 1. The van der Waals surface area contributed by atoms with E-state index in [1.165, 1.54) is 42.5 Å². The maximum absolute atomic E-state index is 14.7. The number of hydrogen-bond donors (Lipinski definition) is 6. The zero-order chi connectivity index (χ0) is 33.0. The van der Waals surface area contributed by atoms with Crippen LogP contribution in [-0.4, -0.2) is 91.9 Å². The predicted octanol–water partition coefficient (Wildman–Crippen LogP) is 5.09. The van der Waals surface area contributed by atoms with Crippen molar-refractivity contribution in [2.75, 3.05) is 5.32 Å². The van der Waals surface area contributed by atoms with E-state index in [1.807, 2.05) is 0 Å². The number of carboxylic acid groups (broad SMARTS) is 1. The minimum atomic E-state index is -1.31. The van der Waals surface area contributed by atoms with Gasteiger partial charge in [0.1, 0.15) is 17.3 Å². The number of phenols is 2. The molecule has 6 N–H and O–H groups in total. The standard InChI is InChI=1S/C33H33F3N2O7.Ca.2H/c1-17(2)31-30(33(45)37-26-10-8-21(39)15-27(26)42)29(18-3-6-20(34)7-4-18)32(19-5-9-24(35)25(36)13-19)38(31)12-11-22(40)14-23(41)16-28(43)44;;;/h3-10,13,15,17,22-23,39-42H,11-12,14,16H2,1-2H3,(H,37,45)(H,43,44);;;. The van der Waals surface area contributed by atoms with Crippen LogP contribution in [0.2, 0.25) is 0 Å². The molecule has 4 rings (SSSR count). The van der Waals surface area contributed by atoms with Gasteiger partial charge < -0.3 is 35.4 Å². The number of rotatable bonds is 12. The molecule has 0 saturated carbocycles. The zero-order valence-corrected chi connectivity index (χ0v) is 24.5. The fraction of sp³-hybridized carbons (Fsp3) is 0.273. The van der Waals surface area contributed by atoms with E-state index in [0.717, 1.165) is 18.2 Å². The summed E-state index contributed by atoms with van der Waals surface area (Å²) < 4.78 is 44.4. The molecule has 2 atom stereocenters. The van der Waals surface area contributed by atoms with Gasteiger partial charge in [0, 0.05) is 29.4 Å². The molecule has 0 bridgehead atoms. The number of aliphatic hydroxyl groups is 2. The average Bonchev–Trinajstić information content (AvgIpc) is 3.30. The number of carboxylic acids is 1. The fourth-order valence-corrected chi connectivity index (χ4v) is 5.35. The number of carbonyl (C=O) groups is 2. The van der Waals surface area contributed by atoms with Crippen LogP contribution in [0.25, 0.3) is 22.4 Å². The Morgan fingerprint density at radius 2 is 1.52 bits per heavy atom. The number of nitrogens with zero attached hydrogens (tertiary/aromatic N) is 1. The van der Waals surface area contributed by atoms with Crippen LogP contribution in [0.15, 0.2) is 60.7 Å². The molecule has 4 aromatic rings. The van der Waals surface area contributed by atoms with E-state index in [0.29, 0.717) is 11.3 Å². The Bertz CT molecular complexity index is 1710. The number of halogens is 3. The number of nitrogens with one attached hydrogen (secondary N) is 1. The van der Waals surface area contributed by atoms with Gasteiger partial charge in [0.05, 0.1) is 35.6 Å². The number of aromatic hydroxyl groups is 2. The number of phenolic OH excluding ortho intramolecular Hbond substituents is 2. The summed E-state index contributed by atoms with van der Waals surface area (Å²) in [6.45, 7) is 3.57. The molecular formula is C33H35CaF3N2O7. The van der Waals surface area contributed by atoms with Crippen LogP contribution in [0.3, 0.4) is 0 Å². The quantitative estimate of drug-likeness (QED) is 0.0699. The molecule has 0 radical (unpaired) electrons. The van der Waals surface area contributed by atoms with Crippen molar-refractivity contribution in [3.05, 3.63) is 89.4 Å². The Morgan fingerprint density at radius 1 is 0.870 bits per heavy atom. The summed E-state index contributed by atoms with van der Waals surface area (Å²) in [4.78, 5) is 25.1. The maximum atomic E-state index is 14.7. The third-order valence-electron chi connectivity index (χ3n) is 7.27. The first-order valence-electron chi connectivity index (χ1n) is 14.2. The van der Waals surface area contributed by atoms with Crippen molar-refractivity contribution in [2.45, 2.75) is 57.8 Å². The van der Waals surface area contributed by atoms with Crippen molar-refractivity contribution in [3.8, 4) is 33.9 Å². The SMILES string of the molecule is CC(C)c1c(C(=O)Nc2ccc(O)cc2O)c(-c2ccc(F)cc2)c(-c2ccc(F)c(F)c2)n1CCC(O)CC(O)CC(=O)O.[CaH2]. The Kier molecular flexibility index (Phi) is 12.7. The monoisotopic (exact) mass is 668 g/mol. The van der Waals surface area contributed by atoms with Crippen molar-refractivity contribution < 1.29 is 48.3 Å². The molecule has 0 fully saturated rings. The Labute approximate surface area is 292 Å². The van der Waals surface area contributed by atoms with Crippen molar-refractivity contribution in [3.63, 3.8) is 0 Å². The molecular weight excluding hydrogens is 633 g/mol. The second kappa shape index (κ2) is 15.8. The third-order valence-corrected chi connectivity index (χ3v) is 7.27. The Balaban J connectivity index is 0.00000576. The summed E-state index contributed by atoms with van der Waals surface area (Å²) in [5.41, 5.74) is 1.47. The van der Waals surface area contributed by atoms with Crippen LogP contribution in [0.4, 0.5) is 18.9 Å². The summed E-state index contributed by atoms with van der Waals surface area (Å²) in [5.74, 6) is -5.81. The van der Waals surface area contributed by atoms with E-state index in [-0.39, 0.29) is 90.9 Å². The molecule has 1 amide bonds. The average molecular weight is 669 g/mol. The van der Waals surface area contributed by atoms with E-state index in [2.05, 4.69) is 5.32 Å².